The second kappa shape index (κ2) is 8.18. The third-order valence-electron chi connectivity index (χ3n) is 9.26. The van der Waals surface area contributed by atoms with Gasteiger partial charge in [0.15, 0.2) is 5.82 Å². The number of amides is 2. The van der Waals surface area contributed by atoms with E-state index in [1.165, 1.54) is 38.5 Å². The number of hydrogen-bond donors (Lipinski definition) is 1. The molecule has 8 nitrogen and oxygen atoms in total. The molecule has 1 aromatic carbocycles. The molecule has 2 amide bonds. The maximum Gasteiger partial charge on any atom is 0.317 e. The molecule has 5 fully saturated rings. The first-order valence-electron chi connectivity index (χ1n) is 13.6. The number of hydrogen-bond acceptors (Lipinski definition) is 5. The lowest BCUT2D eigenvalue weighted by Crippen LogP contribution is -2.63. The minimum Gasteiger partial charge on any atom is -0.350 e. The lowest BCUT2D eigenvalue weighted by molar-refractivity contribution is -0.0157. The molecule has 5 aliphatic rings. The van der Waals surface area contributed by atoms with Crippen LogP contribution in [0.25, 0.3) is 16.6 Å². The lowest BCUT2D eigenvalue weighted by Gasteiger charge is -2.57. The molecule has 36 heavy (non-hydrogen) atoms. The van der Waals surface area contributed by atoms with E-state index in [0.717, 1.165) is 64.6 Å². The van der Waals surface area contributed by atoms with Gasteiger partial charge in [-0.05, 0) is 82.3 Å². The average molecular weight is 486 g/mol. The van der Waals surface area contributed by atoms with Gasteiger partial charge >= 0.3 is 6.03 Å². The van der Waals surface area contributed by atoms with Crippen LogP contribution >= 0.6 is 0 Å². The van der Waals surface area contributed by atoms with Gasteiger partial charge in [0.05, 0.1) is 22.5 Å². The van der Waals surface area contributed by atoms with Crippen LogP contribution in [0, 0.1) is 31.6 Å². The molecule has 0 unspecified atom stereocenters. The zero-order valence-electron chi connectivity index (χ0n) is 21.3. The number of carbonyl (C=O) groups is 1. The summed E-state index contributed by atoms with van der Waals surface area (Å²) in [4.78, 5) is 17.6. The monoisotopic (exact) mass is 485 g/mol. The average Bonchev–Trinajstić information content (AvgIpc) is 3.22. The van der Waals surface area contributed by atoms with E-state index in [1.807, 2.05) is 34.7 Å². The van der Waals surface area contributed by atoms with Crippen LogP contribution in [0.1, 0.15) is 49.9 Å². The third kappa shape index (κ3) is 3.56. The highest BCUT2D eigenvalue weighted by molar-refractivity contribution is 5.92. The van der Waals surface area contributed by atoms with Gasteiger partial charge in [-0.1, -0.05) is 18.2 Å². The minimum absolute atomic E-state index is 0.0549. The van der Waals surface area contributed by atoms with Gasteiger partial charge in [0.25, 0.3) is 0 Å². The first-order chi connectivity index (χ1) is 17.5. The Kier molecular flexibility index (Phi) is 5.02. The fourth-order valence-electron chi connectivity index (χ4n) is 8.04. The summed E-state index contributed by atoms with van der Waals surface area (Å²) >= 11 is 0. The number of aryl methyl sites for hydroxylation is 2. The Labute approximate surface area is 212 Å². The molecule has 8 heteroatoms. The number of aromatic nitrogens is 4. The molecule has 4 saturated carbocycles. The van der Waals surface area contributed by atoms with Crippen molar-refractivity contribution in [1.82, 2.24) is 30.2 Å². The van der Waals surface area contributed by atoms with Crippen molar-refractivity contribution < 1.29 is 4.79 Å². The van der Waals surface area contributed by atoms with Gasteiger partial charge in [0.1, 0.15) is 5.52 Å². The van der Waals surface area contributed by atoms with E-state index < -0.39 is 0 Å². The number of rotatable bonds is 3. The Bertz CT molecular complexity index is 1270. The predicted molar refractivity (Wildman–Crippen MR) is 139 cm³/mol. The molecule has 3 heterocycles. The molecular weight excluding hydrogens is 450 g/mol. The van der Waals surface area contributed by atoms with Crippen LogP contribution in [0.4, 0.5) is 10.6 Å². The number of nitrogens with one attached hydrogen (secondary N) is 1. The third-order valence-corrected chi connectivity index (χ3v) is 9.26. The Morgan fingerprint density at radius 2 is 1.56 bits per heavy atom. The molecule has 4 bridgehead atoms. The van der Waals surface area contributed by atoms with Gasteiger partial charge < -0.3 is 15.1 Å². The fourth-order valence-corrected chi connectivity index (χ4v) is 8.04. The van der Waals surface area contributed by atoms with Crippen molar-refractivity contribution in [2.45, 2.75) is 57.9 Å². The van der Waals surface area contributed by atoms with Crippen LogP contribution in [0.2, 0.25) is 0 Å². The van der Waals surface area contributed by atoms with Gasteiger partial charge in [-0.2, -0.15) is 10.2 Å². The molecule has 0 atom stereocenters. The Balaban J connectivity index is 1.08. The number of benzene rings is 1. The van der Waals surface area contributed by atoms with E-state index in [4.69, 9.17) is 5.10 Å². The zero-order chi connectivity index (χ0) is 24.4. The maximum absolute atomic E-state index is 13.3. The summed E-state index contributed by atoms with van der Waals surface area (Å²) < 4.78 is 1.99. The molecule has 8 rings (SSSR count). The zero-order valence-corrected chi connectivity index (χ0v) is 21.3. The summed E-state index contributed by atoms with van der Waals surface area (Å²) in [6.45, 7) is 6.93. The molecule has 0 spiro atoms. The largest absolute Gasteiger partial charge is 0.350 e. The quantitative estimate of drug-likeness (QED) is 0.601. The van der Waals surface area contributed by atoms with Crippen molar-refractivity contribution in [3.63, 3.8) is 0 Å². The van der Waals surface area contributed by atoms with Crippen LogP contribution in [0.5, 0.6) is 0 Å². The van der Waals surface area contributed by atoms with E-state index in [9.17, 15) is 4.79 Å². The molecule has 0 radical (unpaired) electrons. The Morgan fingerprint density at radius 3 is 2.19 bits per heavy atom. The highest BCUT2D eigenvalue weighted by atomic mass is 16.2. The van der Waals surface area contributed by atoms with Crippen molar-refractivity contribution in [2.75, 3.05) is 31.1 Å². The van der Waals surface area contributed by atoms with Crippen LogP contribution < -0.4 is 10.2 Å². The van der Waals surface area contributed by atoms with Crippen LogP contribution in [-0.2, 0) is 0 Å². The first kappa shape index (κ1) is 22.1. The second-order valence-corrected chi connectivity index (χ2v) is 11.8. The van der Waals surface area contributed by atoms with Crippen LogP contribution in [-0.4, -0.2) is 62.6 Å². The summed E-state index contributed by atoms with van der Waals surface area (Å²) in [5.74, 6) is 3.30. The molecule has 3 aromatic rings. The number of para-hydroxylation sites is 1. The Morgan fingerprint density at radius 1 is 0.917 bits per heavy atom. The van der Waals surface area contributed by atoms with Gasteiger partial charge in [0.2, 0.25) is 0 Å². The summed E-state index contributed by atoms with van der Waals surface area (Å²) in [6, 6.07) is 10.3. The molecule has 1 saturated heterocycles. The summed E-state index contributed by atoms with van der Waals surface area (Å²) in [6.07, 6.45) is 7.72. The van der Waals surface area contributed by atoms with Crippen molar-refractivity contribution in [3.8, 4) is 5.69 Å². The number of nitrogens with zero attached hydrogens (tertiary/aromatic N) is 6. The van der Waals surface area contributed by atoms with Crippen LogP contribution in [0.3, 0.4) is 0 Å². The highest BCUT2D eigenvalue weighted by Gasteiger charge is 2.51. The molecular formula is C28H35N7O. The Hall–Kier alpha value is -3.16. The van der Waals surface area contributed by atoms with E-state index in [2.05, 4.69) is 39.5 Å². The van der Waals surface area contributed by atoms with Gasteiger partial charge in [-0.15, -0.1) is 5.10 Å². The number of anilines is 1. The fraction of sp³-hybridized carbons (Fsp3) is 0.571. The van der Waals surface area contributed by atoms with E-state index in [0.29, 0.717) is 13.1 Å². The van der Waals surface area contributed by atoms with E-state index >= 15 is 0 Å². The van der Waals surface area contributed by atoms with Gasteiger partial charge in [-0.25, -0.2) is 9.48 Å². The normalized spacial score (nSPS) is 29.2. The standard InChI is InChI=1S/C28H35N7O/c1-18-24-19(2)35(23-6-4-3-5-7-23)32-25(24)26(31-30-18)33-8-10-34(11-9-33)27(36)29-28-15-20-12-21(16-28)14-22(13-20)17-28/h3-7,20-22H,8-17H2,1-2H3,(H,29,36). The number of fused-ring (bicyclic) bond motifs is 1. The minimum atomic E-state index is 0.0549. The second-order valence-electron chi connectivity index (χ2n) is 11.8. The number of piperazine rings is 1. The van der Waals surface area contributed by atoms with Crippen molar-refractivity contribution in [1.29, 1.82) is 0 Å². The van der Waals surface area contributed by atoms with Crippen molar-refractivity contribution >= 4 is 22.8 Å². The first-order valence-corrected chi connectivity index (χ1v) is 13.6. The van der Waals surface area contributed by atoms with E-state index in [1.54, 1.807) is 0 Å². The lowest BCUT2D eigenvalue weighted by atomic mass is 9.53. The smallest absolute Gasteiger partial charge is 0.317 e. The maximum atomic E-state index is 13.3. The van der Waals surface area contributed by atoms with Crippen molar-refractivity contribution in [2.24, 2.45) is 17.8 Å². The molecule has 2 aromatic heterocycles. The van der Waals surface area contributed by atoms with Crippen LogP contribution in [0.15, 0.2) is 30.3 Å². The van der Waals surface area contributed by atoms with Gasteiger partial charge in [0, 0.05) is 31.7 Å². The number of carbonyl (C=O) groups excluding carboxylic acids is 1. The summed E-state index contributed by atoms with van der Waals surface area (Å²) in [5, 5.41) is 18.6. The molecule has 1 N–H and O–H groups in total. The van der Waals surface area contributed by atoms with Crippen molar-refractivity contribution in [3.05, 3.63) is 41.7 Å². The number of urea groups is 1. The molecule has 4 aliphatic carbocycles. The topological polar surface area (TPSA) is 79.2 Å². The van der Waals surface area contributed by atoms with Gasteiger partial charge in [-0.3, -0.25) is 0 Å². The SMILES string of the molecule is Cc1nnc(N2CCN(C(=O)NC34CC5CC(CC(C5)C3)C4)CC2)c2nn(-c3ccccc3)c(C)c12. The van der Waals surface area contributed by atoms with E-state index in [-0.39, 0.29) is 11.6 Å². The highest BCUT2D eigenvalue weighted by Crippen LogP contribution is 2.55. The summed E-state index contributed by atoms with van der Waals surface area (Å²) in [5.41, 5.74) is 3.93. The molecule has 188 valence electrons. The predicted octanol–water partition coefficient (Wildman–Crippen LogP) is 4.23. The summed E-state index contributed by atoms with van der Waals surface area (Å²) in [7, 11) is 0. The molecule has 1 aliphatic heterocycles.